The van der Waals surface area contributed by atoms with Gasteiger partial charge in [0.05, 0.1) is 23.2 Å². The first kappa shape index (κ1) is 24.7. The minimum Gasteiger partial charge on any atom is -0.507 e. The molecule has 8 heteroatoms. The van der Waals surface area contributed by atoms with Crippen LogP contribution in [0.1, 0.15) is 44.4 Å². The number of carbonyl (C=O) groups excluding carboxylic acids is 2. The fourth-order valence-electron chi connectivity index (χ4n) is 4.08. The highest BCUT2D eigenvalue weighted by Crippen LogP contribution is 2.40. The van der Waals surface area contributed by atoms with Crippen molar-refractivity contribution in [2.45, 2.75) is 33.2 Å². The van der Waals surface area contributed by atoms with Crippen LogP contribution in [0.25, 0.3) is 5.76 Å². The molecule has 0 saturated carbocycles. The Bertz CT molecular complexity index is 1020. The third-order valence-corrected chi connectivity index (χ3v) is 6.13. The highest BCUT2D eigenvalue weighted by Gasteiger charge is 2.45. The molecule has 1 aromatic heterocycles. The van der Waals surface area contributed by atoms with Crippen LogP contribution < -0.4 is 4.74 Å². The molecule has 0 aliphatic carbocycles. The Morgan fingerprint density at radius 1 is 1.15 bits per heavy atom. The first-order valence-corrected chi connectivity index (χ1v) is 11.6. The lowest BCUT2D eigenvalue weighted by atomic mass is 9.96. The Morgan fingerprint density at radius 2 is 1.85 bits per heavy atom. The molecule has 0 bridgehead atoms. The third kappa shape index (κ3) is 5.37. The van der Waals surface area contributed by atoms with Gasteiger partial charge in [-0.3, -0.25) is 14.6 Å². The summed E-state index contributed by atoms with van der Waals surface area (Å²) in [5.41, 5.74) is 1.11. The van der Waals surface area contributed by atoms with Crippen LogP contribution >= 0.6 is 11.6 Å². The van der Waals surface area contributed by atoms with E-state index >= 15 is 0 Å². The molecule has 33 heavy (non-hydrogen) atoms. The minimum atomic E-state index is -0.706. The molecule has 1 aromatic carbocycles. The number of rotatable bonds is 10. The zero-order valence-corrected chi connectivity index (χ0v) is 20.0. The van der Waals surface area contributed by atoms with E-state index in [1.165, 1.54) is 0 Å². The molecule has 1 N–H and O–H groups in total. The Balaban J connectivity index is 2.01. The molecule has 1 aliphatic rings. The number of pyridine rings is 1. The van der Waals surface area contributed by atoms with E-state index in [4.69, 9.17) is 16.3 Å². The van der Waals surface area contributed by atoms with Gasteiger partial charge in [-0.2, -0.15) is 0 Å². The van der Waals surface area contributed by atoms with Crippen LogP contribution in [-0.2, 0) is 9.59 Å². The van der Waals surface area contributed by atoms with Gasteiger partial charge < -0.3 is 19.6 Å². The van der Waals surface area contributed by atoms with E-state index in [9.17, 15) is 14.7 Å². The van der Waals surface area contributed by atoms with Gasteiger partial charge in [-0.05, 0) is 68.9 Å². The predicted molar refractivity (Wildman–Crippen MR) is 128 cm³/mol. The molecule has 0 radical (unpaired) electrons. The van der Waals surface area contributed by atoms with Crippen LogP contribution in [0.2, 0.25) is 5.02 Å². The van der Waals surface area contributed by atoms with Crippen molar-refractivity contribution in [3.63, 3.8) is 0 Å². The average Bonchev–Trinajstić information content (AvgIpc) is 3.08. The van der Waals surface area contributed by atoms with Gasteiger partial charge in [0.2, 0.25) is 0 Å². The number of amides is 1. The van der Waals surface area contributed by atoms with Crippen LogP contribution in [0.4, 0.5) is 0 Å². The van der Waals surface area contributed by atoms with Crippen molar-refractivity contribution in [2.75, 3.05) is 32.8 Å². The summed E-state index contributed by atoms with van der Waals surface area (Å²) in [6.45, 7) is 9.53. The predicted octanol–water partition coefficient (Wildman–Crippen LogP) is 4.29. The van der Waals surface area contributed by atoms with Gasteiger partial charge in [0.25, 0.3) is 11.7 Å². The third-order valence-electron chi connectivity index (χ3n) is 5.83. The second-order valence-electron chi connectivity index (χ2n) is 7.73. The summed E-state index contributed by atoms with van der Waals surface area (Å²) in [6.07, 6.45) is 3.93. The number of halogens is 1. The number of ketones is 1. The van der Waals surface area contributed by atoms with Crippen molar-refractivity contribution in [3.8, 4) is 5.75 Å². The monoisotopic (exact) mass is 471 g/mol. The van der Waals surface area contributed by atoms with Crippen molar-refractivity contribution >= 4 is 29.1 Å². The topological polar surface area (TPSA) is 83.0 Å². The molecule has 1 unspecified atom stereocenters. The fraction of sp³-hybridized carbons (Fsp3) is 0.400. The van der Waals surface area contributed by atoms with Crippen molar-refractivity contribution in [1.29, 1.82) is 0 Å². The summed E-state index contributed by atoms with van der Waals surface area (Å²) in [4.78, 5) is 34.0. The van der Waals surface area contributed by atoms with Crippen molar-refractivity contribution in [3.05, 3.63) is 64.4 Å². The van der Waals surface area contributed by atoms with Gasteiger partial charge in [-0.25, -0.2) is 0 Å². The normalized spacial score (nSPS) is 17.7. The van der Waals surface area contributed by atoms with E-state index in [2.05, 4.69) is 23.7 Å². The van der Waals surface area contributed by atoms with E-state index in [0.29, 0.717) is 41.5 Å². The molecule has 1 atom stereocenters. The van der Waals surface area contributed by atoms with Gasteiger partial charge in [0, 0.05) is 24.5 Å². The first-order chi connectivity index (χ1) is 15.9. The van der Waals surface area contributed by atoms with E-state index in [-0.39, 0.29) is 11.3 Å². The second kappa shape index (κ2) is 11.3. The summed E-state index contributed by atoms with van der Waals surface area (Å²) in [5.74, 6) is -1.10. The van der Waals surface area contributed by atoms with E-state index in [1.807, 2.05) is 6.92 Å². The number of aliphatic hydroxyl groups excluding tert-OH is 1. The van der Waals surface area contributed by atoms with Crippen LogP contribution in [0.3, 0.4) is 0 Å². The maximum atomic E-state index is 13.1. The highest BCUT2D eigenvalue weighted by molar-refractivity contribution is 6.46. The van der Waals surface area contributed by atoms with Gasteiger partial charge in [0.15, 0.2) is 0 Å². The largest absolute Gasteiger partial charge is 0.507 e. The molecule has 0 spiro atoms. The van der Waals surface area contributed by atoms with Gasteiger partial charge >= 0.3 is 0 Å². The summed E-state index contributed by atoms with van der Waals surface area (Å²) >= 11 is 6.30. The molecule has 1 fully saturated rings. The number of hydrogen-bond acceptors (Lipinski definition) is 6. The number of likely N-dealkylation sites (tertiary alicyclic amines) is 1. The molecular formula is C25H30ClN3O4. The van der Waals surface area contributed by atoms with Gasteiger partial charge in [0.1, 0.15) is 11.5 Å². The average molecular weight is 472 g/mol. The maximum Gasteiger partial charge on any atom is 0.295 e. The zero-order chi connectivity index (χ0) is 24.0. The molecule has 1 saturated heterocycles. The fourth-order valence-corrected chi connectivity index (χ4v) is 4.32. The summed E-state index contributed by atoms with van der Waals surface area (Å²) in [5, 5.41) is 11.5. The number of nitrogens with zero attached hydrogens (tertiary/aromatic N) is 3. The Hall–Kier alpha value is -2.90. The van der Waals surface area contributed by atoms with Crippen LogP contribution in [-0.4, -0.2) is 64.4 Å². The van der Waals surface area contributed by atoms with Gasteiger partial charge in [-0.1, -0.05) is 25.4 Å². The number of carbonyl (C=O) groups is 2. The molecule has 1 aliphatic heterocycles. The summed E-state index contributed by atoms with van der Waals surface area (Å²) in [7, 11) is 0. The first-order valence-electron chi connectivity index (χ1n) is 11.3. The summed E-state index contributed by atoms with van der Waals surface area (Å²) < 4.78 is 5.45. The van der Waals surface area contributed by atoms with E-state index in [1.54, 1.807) is 47.6 Å². The SMILES string of the molecule is CCOc1ccc(/C(O)=C2/C(=O)C(=O)N(CCCN(CC)CC)C2c2ccncc2)cc1Cl. The summed E-state index contributed by atoms with van der Waals surface area (Å²) in [6, 6.07) is 7.62. The number of hydrogen-bond donors (Lipinski definition) is 1. The molecule has 2 aromatic rings. The van der Waals surface area contributed by atoms with Crippen LogP contribution in [0.5, 0.6) is 5.75 Å². The Morgan fingerprint density at radius 3 is 2.45 bits per heavy atom. The van der Waals surface area contributed by atoms with Crippen LogP contribution in [0, 0.1) is 0 Å². The number of aliphatic hydroxyl groups is 1. The number of benzene rings is 1. The second-order valence-corrected chi connectivity index (χ2v) is 8.14. The number of ether oxygens (including phenoxy) is 1. The lowest BCUT2D eigenvalue weighted by molar-refractivity contribution is -0.140. The minimum absolute atomic E-state index is 0.0502. The molecule has 7 nitrogen and oxygen atoms in total. The smallest absolute Gasteiger partial charge is 0.295 e. The lowest BCUT2D eigenvalue weighted by Crippen LogP contribution is -2.33. The standard InChI is InChI=1S/C25H30ClN3O4/c1-4-28(5-2)14-7-15-29-22(17-10-12-27-13-11-17)21(24(31)25(29)32)23(30)18-8-9-20(33-6-3)19(26)16-18/h8-13,16,22,30H,4-7,14-15H2,1-3H3/b23-21-. The van der Waals surface area contributed by atoms with Gasteiger partial charge in [-0.15, -0.1) is 0 Å². The molecule has 2 heterocycles. The molecule has 1 amide bonds. The lowest BCUT2D eigenvalue weighted by Gasteiger charge is -2.26. The van der Waals surface area contributed by atoms with E-state index in [0.717, 1.165) is 19.6 Å². The van der Waals surface area contributed by atoms with E-state index < -0.39 is 17.7 Å². The quantitative estimate of drug-likeness (QED) is 0.316. The highest BCUT2D eigenvalue weighted by atomic mass is 35.5. The zero-order valence-electron chi connectivity index (χ0n) is 19.3. The Labute approximate surface area is 199 Å². The molecule has 3 rings (SSSR count). The number of Topliss-reactive ketones (excluding diaryl/α,β-unsaturated/α-hetero) is 1. The van der Waals surface area contributed by atoms with Crippen molar-refractivity contribution in [1.82, 2.24) is 14.8 Å². The maximum absolute atomic E-state index is 13.1. The number of aromatic nitrogens is 1. The molecular weight excluding hydrogens is 442 g/mol. The van der Waals surface area contributed by atoms with Crippen molar-refractivity contribution in [2.24, 2.45) is 0 Å². The van der Waals surface area contributed by atoms with Crippen LogP contribution in [0.15, 0.2) is 48.3 Å². The Kier molecular flexibility index (Phi) is 8.47. The molecule has 176 valence electrons. The van der Waals surface area contributed by atoms with Crippen molar-refractivity contribution < 1.29 is 19.4 Å².